The van der Waals surface area contributed by atoms with E-state index in [0.717, 1.165) is 17.1 Å². The summed E-state index contributed by atoms with van der Waals surface area (Å²) in [6.07, 6.45) is -0.736. The molecule has 1 aliphatic carbocycles. The smallest absolute Gasteiger partial charge is 0.397 e. The number of carbonyl (C=O) groups is 3. The number of nitrogens with one attached hydrogen (secondary N) is 4. The Morgan fingerprint density at radius 1 is 1.12 bits per heavy atom. The molecule has 7 N–H and O–H groups in total. The van der Waals surface area contributed by atoms with Crippen LogP contribution in [-0.2, 0) is 18.0 Å². The molecule has 1 aromatic carbocycles. The number of nitrogen functional groups attached to an aromatic ring is 1. The Morgan fingerprint density at radius 2 is 1.92 bits per heavy atom. The Morgan fingerprint density at radius 3 is 2.58 bits per heavy atom. The predicted molar refractivity (Wildman–Crippen MR) is 167 cm³/mol. The summed E-state index contributed by atoms with van der Waals surface area (Å²) in [5.41, 5.74) is 4.80. The van der Waals surface area contributed by atoms with Gasteiger partial charge in [0.1, 0.15) is 0 Å². The molecule has 3 aromatic heterocycles. The Kier molecular flexibility index (Phi) is 8.84. The highest BCUT2D eigenvalue weighted by Crippen LogP contribution is 2.37. The minimum atomic E-state index is -4.82. The van der Waals surface area contributed by atoms with E-state index >= 15 is 0 Å². The topological polar surface area (TPSA) is 194 Å². The van der Waals surface area contributed by atoms with Crippen LogP contribution in [0.5, 0.6) is 0 Å². The first-order valence-electron chi connectivity index (χ1n) is 14.8. The third-order valence-electron chi connectivity index (χ3n) is 8.13. The van der Waals surface area contributed by atoms with Gasteiger partial charge in [0, 0.05) is 38.1 Å². The first kappa shape index (κ1) is 32.9. The molecular formula is C30H30ClF3N10O4. The van der Waals surface area contributed by atoms with E-state index in [1.807, 2.05) is 0 Å². The van der Waals surface area contributed by atoms with Crippen LogP contribution < -0.4 is 27.0 Å². The normalized spacial score (nSPS) is 20.4. The van der Waals surface area contributed by atoms with Crippen molar-refractivity contribution in [3.05, 3.63) is 71.0 Å². The lowest BCUT2D eigenvalue weighted by atomic mass is 10.2. The van der Waals surface area contributed by atoms with Gasteiger partial charge in [0.2, 0.25) is 5.91 Å². The number of benzene rings is 1. The molecule has 4 heterocycles. The molecule has 18 heteroatoms. The summed E-state index contributed by atoms with van der Waals surface area (Å²) in [5.74, 6) is -1.39. The molecule has 3 amide bonds. The third-order valence-corrected chi connectivity index (χ3v) is 8.44. The van der Waals surface area contributed by atoms with Gasteiger partial charge in [0.15, 0.2) is 17.3 Å². The van der Waals surface area contributed by atoms with Crippen molar-refractivity contribution in [1.82, 2.24) is 40.3 Å². The van der Waals surface area contributed by atoms with Crippen LogP contribution in [-0.4, -0.2) is 78.4 Å². The van der Waals surface area contributed by atoms with Crippen molar-refractivity contribution < 1.29 is 32.7 Å². The van der Waals surface area contributed by atoms with Crippen molar-refractivity contribution in [2.75, 3.05) is 24.1 Å². The third kappa shape index (κ3) is 6.97. The molecule has 0 radical (unpaired) electrons. The van der Waals surface area contributed by atoms with Gasteiger partial charge in [0.25, 0.3) is 11.8 Å². The molecule has 4 atom stereocenters. The van der Waals surface area contributed by atoms with Gasteiger partial charge < -0.3 is 36.7 Å². The number of amides is 3. The molecule has 4 aromatic rings. The SMILES string of the molecule is Cn1c(-c2cn(-c3ccc(N)cn3)nc2C(F)(F)F)cnc1C(=O)Nc1ccc(C(=O)NCC2CC2NC(=O)[C@@H]2C[C@@H](O)CN2)c(Cl)c1. The molecule has 2 fully saturated rings. The number of alkyl halides is 3. The Hall–Kier alpha value is -5.00. The van der Waals surface area contributed by atoms with Gasteiger partial charge >= 0.3 is 6.18 Å². The maximum absolute atomic E-state index is 14.0. The number of anilines is 2. The van der Waals surface area contributed by atoms with Gasteiger partial charge in [0.05, 0.1) is 52.1 Å². The van der Waals surface area contributed by atoms with Crippen molar-refractivity contribution in [2.45, 2.75) is 37.2 Å². The molecule has 1 saturated heterocycles. The Labute approximate surface area is 275 Å². The predicted octanol–water partition coefficient (Wildman–Crippen LogP) is 2.13. The van der Waals surface area contributed by atoms with E-state index in [9.17, 15) is 32.7 Å². The van der Waals surface area contributed by atoms with E-state index in [0.29, 0.717) is 31.6 Å². The summed E-state index contributed by atoms with van der Waals surface area (Å²) in [6, 6.07) is 6.64. The second-order valence-electron chi connectivity index (χ2n) is 11.6. The Balaban J connectivity index is 1.08. The highest BCUT2D eigenvalue weighted by Gasteiger charge is 2.41. The van der Waals surface area contributed by atoms with Crippen LogP contribution in [0.25, 0.3) is 17.1 Å². The van der Waals surface area contributed by atoms with E-state index in [1.54, 1.807) is 0 Å². The van der Waals surface area contributed by atoms with Gasteiger partial charge in [-0.05, 0) is 49.1 Å². The number of hydrogen-bond donors (Lipinski definition) is 6. The number of aliphatic hydroxyl groups excluding tert-OH is 1. The maximum Gasteiger partial charge on any atom is 0.435 e. The van der Waals surface area contributed by atoms with Crippen LogP contribution in [0.4, 0.5) is 24.5 Å². The summed E-state index contributed by atoms with van der Waals surface area (Å²) in [6.45, 7) is 0.686. The number of nitrogens with zero attached hydrogens (tertiary/aromatic N) is 5. The fourth-order valence-corrected chi connectivity index (χ4v) is 5.69. The zero-order valence-corrected chi connectivity index (χ0v) is 26.0. The van der Waals surface area contributed by atoms with Crippen molar-refractivity contribution >= 4 is 40.7 Å². The lowest BCUT2D eigenvalue weighted by Gasteiger charge is -2.12. The molecule has 1 aliphatic heterocycles. The monoisotopic (exact) mass is 686 g/mol. The van der Waals surface area contributed by atoms with Crippen molar-refractivity contribution in [1.29, 1.82) is 0 Å². The van der Waals surface area contributed by atoms with Crippen LogP contribution in [0.3, 0.4) is 0 Å². The number of nitrogens with two attached hydrogens (primary N) is 1. The average molecular weight is 687 g/mol. The molecule has 14 nitrogen and oxygen atoms in total. The number of halogens is 4. The number of rotatable bonds is 9. The molecule has 0 spiro atoms. The van der Waals surface area contributed by atoms with Gasteiger partial charge in [-0.2, -0.15) is 18.3 Å². The van der Waals surface area contributed by atoms with Crippen LogP contribution in [0.15, 0.2) is 48.9 Å². The number of imidazole rings is 1. The van der Waals surface area contributed by atoms with Gasteiger partial charge in [-0.3, -0.25) is 14.4 Å². The summed E-state index contributed by atoms with van der Waals surface area (Å²) >= 11 is 6.36. The fourth-order valence-electron chi connectivity index (χ4n) is 5.42. The van der Waals surface area contributed by atoms with Crippen molar-refractivity contribution in [3.8, 4) is 17.1 Å². The highest BCUT2D eigenvalue weighted by atomic mass is 35.5. The van der Waals surface area contributed by atoms with Crippen LogP contribution in [0.1, 0.15) is 39.5 Å². The first-order valence-corrected chi connectivity index (χ1v) is 15.2. The standard InChI is InChI=1S/C30H30ClF3N10O4/c1-43-23(19-13-44(42-25(19)30(32,33)34)24-5-2-15(35)10-37-24)12-38-26(43)29(48)40-16-3-4-18(20(31)7-16)27(46)39-9-14-6-21(14)41-28(47)22-8-17(45)11-36-22/h2-5,7,10,12-14,17,21-22,36,45H,6,8-9,11,35H2,1H3,(H,39,46)(H,40,48)(H,41,47)/t14?,17-,21?,22+/m1/s1. The molecule has 252 valence electrons. The number of hydrogen-bond acceptors (Lipinski definition) is 9. The molecule has 1 saturated carbocycles. The van der Waals surface area contributed by atoms with E-state index in [-0.39, 0.29) is 57.0 Å². The van der Waals surface area contributed by atoms with Gasteiger partial charge in [-0.25, -0.2) is 14.6 Å². The van der Waals surface area contributed by atoms with E-state index in [2.05, 4.69) is 36.3 Å². The van der Waals surface area contributed by atoms with Gasteiger partial charge in [-0.1, -0.05) is 11.6 Å². The molecule has 6 rings (SSSR count). The summed E-state index contributed by atoms with van der Waals surface area (Å²) in [7, 11) is 1.39. The second kappa shape index (κ2) is 12.9. The van der Waals surface area contributed by atoms with Crippen LogP contribution in [0, 0.1) is 5.92 Å². The lowest BCUT2D eigenvalue weighted by molar-refractivity contribution is -0.140. The average Bonchev–Trinajstić information content (AvgIpc) is 3.34. The highest BCUT2D eigenvalue weighted by molar-refractivity contribution is 6.34. The minimum Gasteiger partial charge on any atom is -0.397 e. The Bertz CT molecular complexity index is 1880. The fraction of sp³-hybridized carbons (Fsp3) is 0.333. The van der Waals surface area contributed by atoms with Crippen molar-refractivity contribution in [3.63, 3.8) is 0 Å². The first-order chi connectivity index (χ1) is 22.8. The zero-order chi connectivity index (χ0) is 34.3. The van der Waals surface area contributed by atoms with E-state index in [4.69, 9.17) is 17.3 Å². The van der Waals surface area contributed by atoms with E-state index in [1.165, 1.54) is 48.1 Å². The van der Waals surface area contributed by atoms with Crippen molar-refractivity contribution in [2.24, 2.45) is 13.0 Å². The number of aromatic nitrogens is 5. The second-order valence-corrected chi connectivity index (χ2v) is 12.0. The molecule has 2 aliphatic rings. The van der Waals surface area contributed by atoms with Gasteiger partial charge in [-0.15, -0.1) is 0 Å². The molecule has 2 unspecified atom stereocenters. The number of β-amino-alcohol motifs (C(OH)–C–C–N with tert-alkyl or cyclic N) is 1. The van der Waals surface area contributed by atoms with Crippen LogP contribution >= 0.6 is 11.6 Å². The maximum atomic E-state index is 14.0. The minimum absolute atomic E-state index is 0.0225. The number of carbonyl (C=O) groups excluding carboxylic acids is 3. The molecule has 48 heavy (non-hydrogen) atoms. The molecule has 0 bridgehead atoms. The molecular weight excluding hydrogens is 657 g/mol. The summed E-state index contributed by atoms with van der Waals surface area (Å²) < 4.78 is 44.1. The number of aliphatic hydroxyl groups is 1. The summed E-state index contributed by atoms with van der Waals surface area (Å²) in [4.78, 5) is 46.3. The summed E-state index contributed by atoms with van der Waals surface area (Å²) in [5, 5.41) is 24.6. The van der Waals surface area contributed by atoms with Crippen LogP contribution in [0.2, 0.25) is 5.02 Å². The number of pyridine rings is 1. The largest absolute Gasteiger partial charge is 0.435 e. The lowest BCUT2D eigenvalue weighted by Crippen LogP contribution is -2.42. The zero-order valence-electron chi connectivity index (χ0n) is 25.3. The quantitative estimate of drug-likeness (QED) is 0.153. The van der Waals surface area contributed by atoms with E-state index < -0.39 is 35.8 Å².